The minimum Gasteiger partial charge on any atom is -0.481 e. The molecule has 1 aromatic carbocycles. The summed E-state index contributed by atoms with van der Waals surface area (Å²) >= 11 is 0. The summed E-state index contributed by atoms with van der Waals surface area (Å²) in [6.07, 6.45) is 3.05. The van der Waals surface area contributed by atoms with Gasteiger partial charge in [-0.1, -0.05) is 18.2 Å². The van der Waals surface area contributed by atoms with Crippen LogP contribution in [0.2, 0.25) is 0 Å². The molecule has 4 heteroatoms. The minimum atomic E-state index is -0.788. The number of hydrogen-bond donors (Lipinski definition) is 2. The number of anilines is 1. The van der Waals surface area contributed by atoms with Gasteiger partial charge in [0.05, 0.1) is 0 Å². The van der Waals surface area contributed by atoms with Crippen molar-refractivity contribution in [2.75, 3.05) is 18.0 Å². The van der Waals surface area contributed by atoms with Crippen LogP contribution >= 0.6 is 0 Å². The number of hydrogen-bond acceptors (Lipinski definition) is 3. The Morgan fingerprint density at radius 2 is 2.00 bits per heavy atom. The van der Waals surface area contributed by atoms with Gasteiger partial charge in [0.1, 0.15) is 0 Å². The smallest absolute Gasteiger partial charge is 0.303 e. The van der Waals surface area contributed by atoms with Crippen molar-refractivity contribution in [3.05, 3.63) is 29.8 Å². The highest BCUT2D eigenvalue weighted by Gasteiger charge is 2.18. The van der Waals surface area contributed by atoms with E-state index in [1.165, 1.54) is 18.5 Å². The van der Waals surface area contributed by atoms with Gasteiger partial charge in [0, 0.05) is 31.2 Å². The third-order valence-electron chi connectivity index (χ3n) is 3.45. The largest absolute Gasteiger partial charge is 0.481 e. The van der Waals surface area contributed by atoms with Crippen molar-refractivity contribution >= 4 is 11.7 Å². The Kier molecular flexibility index (Phi) is 4.20. The number of carboxylic acids is 1. The van der Waals surface area contributed by atoms with Crippen molar-refractivity contribution in [3.8, 4) is 0 Å². The Balaban J connectivity index is 2.13. The van der Waals surface area contributed by atoms with E-state index in [1.54, 1.807) is 0 Å². The first-order valence-electron chi connectivity index (χ1n) is 6.49. The lowest BCUT2D eigenvalue weighted by Crippen LogP contribution is -2.22. The first-order valence-corrected chi connectivity index (χ1v) is 6.49. The van der Waals surface area contributed by atoms with Gasteiger partial charge in [-0.05, 0) is 30.9 Å². The van der Waals surface area contributed by atoms with Gasteiger partial charge >= 0.3 is 5.97 Å². The molecule has 1 heterocycles. The van der Waals surface area contributed by atoms with Gasteiger partial charge in [-0.3, -0.25) is 4.79 Å². The zero-order valence-corrected chi connectivity index (χ0v) is 10.5. The predicted molar refractivity (Wildman–Crippen MR) is 71.7 cm³/mol. The van der Waals surface area contributed by atoms with Crippen molar-refractivity contribution in [1.29, 1.82) is 0 Å². The Bertz CT molecular complexity index is 414. The maximum absolute atomic E-state index is 10.6. The molecular weight excluding hydrogens is 228 g/mol. The Hall–Kier alpha value is -1.55. The summed E-state index contributed by atoms with van der Waals surface area (Å²) in [5.41, 5.74) is 8.37. The third kappa shape index (κ3) is 3.01. The zero-order chi connectivity index (χ0) is 13.0. The fourth-order valence-corrected chi connectivity index (χ4v) is 2.48. The lowest BCUT2D eigenvalue weighted by Gasteiger charge is -2.24. The molecule has 1 atom stereocenters. The molecule has 0 aromatic heterocycles. The van der Waals surface area contributed by atoms with Crippen LogP contribution in [0.25, 0.3) is 0 Å². The highest BCUT2D eigenvalue weighted by molar-refractivity contribution is 5.67. The maximum atomic E-state index is 10.6. The summed E-state index contributed by atoms with van der Waals surface area (Å²) in [6, 6.07) is 7.89. The molecular formula is C14H20N2O2. The summed E-state index contributed by atoms with van der Waals surface area (Å²) < 4.78 is 0. The van der Waals surface area contributed by atoms with Crippen molar-refractivity contribution in [1.82, 2.24) is 0 Å². The predicted octanol–water partition coefficient (Wildman–Crippen LogP) is 2.15. The van der Waals surface area contributed by atoms with Crippen molar-refractivity contribution in [2.45, 2.75) is 31.7 Å². The van der Waals surface area contributed by atoms with Crippen LogP contribution in [0, 0.1) is 0 Å². The van der Waals surface area contributed by atoms with Gasteiger partial charge < -0.3 is 15.7 Å². The molecule has 1 fully saturated rings. The van der Waals surface area contributed by atoms with Gasteiger partial charge in [-0.25, -0.2) is 0 Å². The molecule has 0 aliphatic carbocycles. The Labute approximate surface area is 107 Å². The monoisotopic (exact) mass is 248 g/mol. The standard InChI is InChI=1S/C14H20N2O2/c15-12(7-8-14(17)18)11-5-1-2-6-13(11)16-9-3-4-10-16/h1-2,5-6,12H,3-4,7-10,15H2,(H,17,18)/t12-/m1/s1. The van der Waals surface area contributed by atoms with E-state index in [-0.39, 0.29) is 12.5 Å². The molecule has 1 aliphatic rings. The van der Waals surface area contributed by atoms with Gasteiger partial charge in [0.25, 0.3) is 0 Å². The molecule has 18 heavy (non-hydrogen) atoms. The summed E-state index contributed by atoms with van der Waals surface area (Å²) in [5.74, 6) is -0.788. The average molecular weight is 248 g/mol. The lowest BCUT2D eigenvalue weighted by molar-refractivity contribution is -0.137. The summed E-state index contributed by atoms with van der Waals surface area (Å²) in [4.78, 5) is 13.0. The van der Waals surface area contributed by atoms with Crippen LogP contribution in [0.15, 0.2) is 24.3 Å². The highest BCUT2D eigenvalue weighted by Crippen LogP contribution is 2.29. The van der Waals surface area contributed by atoms with Crippen LogP contribution < -0.4 is 10.6 Å². The molecule has 4 nitrogen and oxygen atoms in total. The normalized spacial score (nSPS) is 16.8. The van der Waals surface area contributed by atoms with Crippen molar-refractivity contribution in [3.63, 3.8) is 0 Å². The first-order chi connectivity index (χ1) is 8.68. The van der Waals surface area contributed by atoms with Crippen LogP contribution in [0.4, 0.5) is 5.69 Å². The molecule has 2 rings (SSSR count). The van der Waals surface area contributed by atoms with E-state index >= 15 is 0 Å². The van der Waals surface area contributed by atoms with E-state index in [0.29, 0.717) is 6.42 Å². The second-order valence-corrected chi connectivity index (χ2v) is 4.79. The highest BCUT2D eigenvalue weighted by atomic mass is 16.4. The number of aliphatic carboxylic acids is 1. The molecule has 1 saturated heterocycles. The first kappa shape index (κ1) is 12.9. The number of benzene rings is 1. The van der Waals surface area contributed by atoms with Gasteiger partial charge in [-0.2, -0.15) is 0 Å². The molecule has 0 unspecified atom stereocenters. The van der Waals surface area contributed by atoms with Crippen LogP contribution in [0.3, 0.4) is 0 Å². The molecule has 0 saturated carbocycles. The van der Waals surface area contributed by atoms with Crippen molar-refractivity contribution < 1.29 is 9.90 Å². The van der Waals surface area contributed by atoms with Gasteiger partial charge in [-0.15, -0.1) is 0 Å². The summed E-state index contributed by atoms with van der Waals surface area (Å²) in [5, 5.41) is 8.72. The van der Waals surface area contributed by atoms with Crippen LogP contribution in [0.5, 0.6) is 0 Å². The number of carboxylic acid groups (broad SMARTS) is 1. The van der Waals surface area contributed by atoms with Crippen molar-refractivity contribution in [2.24, 2.45) is 5.73 Å². The fourth-order valence-electron chi connectivity index (χ4n) is 2.48. The molecule has 0 radical (unpaired) electrons. The van der Waals surface area contributed by atoms with E-state index in [1.807, 2.05) is 18.2 Å². The molecule has 1 aromatic rings. The third-order valence-corrected chi connectivity index (χ3v) is 3.45. The lowest BCUT2D eigenvalue weighted by atomic mass is 10.0. The van der Waals surface area contributed by atoms with Crippen LogP contribution in [-0.2, 0) is 4.79 Å². The van der Waals surface area contributed by atoms with E-state index in [9.17, 15) is 4.79 Å². The summed E-state index contributed by atoms with van der Waals surface area (Å²) in [6.45, 7) is 2.14. The zero-order valence-electron chi connectivity index (χ0n) is 10.5. The molecule has 3 N–H and O–H groups in total. The second kappa shape index (κ2) is 5.87. The topological polar surface area (TPSA) is 66.6 Å². The summed E-state index contributed by atoms with van der Waals surface area (Å²) in [7, 11) is 0. The van der Waals surface area contributed by atoms with E-state index in [0.717, 1.165) is 18.7 Å². The molecule has 0 amide bonds. The van der Waals surface area contributed by atoms with E-state index in [4.69, 9.17) is 10.8 Å². The minimum absolute atomic E-state index is 0.121. The van der Waals surface area contributed by atoms with Gasteiger partial charge in [0.2, 0.25) is 0 Å². The van der Waals surface area contributed by atoms with Crippen LogP contribution in [-0.4, -0.2) is 24.2 Å². The van der Waals surface area contributed by atoms with Gasteiger partial charge in [0.15, 0.2) is 0 Å². The number of para-hydroxylation sites is 1. The number of rotatable bonds is 5. The number of nitrogens with two attached hydrogens (primary N) is 1. The second-order valence-electron chi connectivity index (χ2n) is 4.79. The molecule has 98 valence electrons. The Morgan fingerprint density at radius 1 is 1.33 bits per heavy atom. The molecule has 1 aliphatic heterocycles. The quantitative estimate of drug-likeness (QED) is 0.838. The average Bonchev–Trinajstić information content (AvgIpc) is 2.89. The number of carbonyl (C=O) groups is 1. The molecule has 0 spiro atoms. The number of nitrogens with zero attached hydrogens (tertiary/aromatic N) is 1. The fraction of sp³-hybridized carbons (Fsp3) is 0.500. The van der Waals surface area contributed by atoms with Crippen LogP contribution in [0.1, 0.15) is 37.3 Å². The van der Waals surface area contributed by atoms with E-state index in [2.05, 4.69) is 11.0 Å². The van der Waals surface area contributed by atoms with E-state index < -0.39 is 5.97 Å². The molecule has 0 bridgehead atoms. The Morgan fingerprint density at radius 3 is 2.67 bits per heavy atom. The SMILES string of the molecule is N[C@H](CCC(=O)O)c1ccccc1N1CCCC1. The maximum Gasteiger partial charge on any atom is 0.303 e.